The monoisotopic (exact) mass is 487 g/mol. The number of rotatable bonds is 12. The zero-order valence-electron chi connectivity index (χ0n) is 20.8. The van der Waals surface area contributed by atoms with Crippen LogP contribution in [0.4, 0.5) is 11.4 Å². The van der Waals surface area contributed by atoms with Gasteiger partial charge in [-0.3, -0.25) is 19.7 Å². The molecule has 0 saturated heterocycles. The number of amides is 2. The fourth-order valence-corrected chi connectivity index (χ4v) is 6.53. The first-order valence-electron chi connectivity index (χ1n) is 13.0. The van der Waals surface area contributed by atoms with Gasteiger partial charge in [0, 0.05) is 24.4 Å². The van der Waals surface area contributed by atoms with Crippen molar-refractivity contribution < 1.29 is 24.0 Å². The summed E-state index contributed by atoms with van der Waals surface area (Å²) in [6.45, 7) is 4.92. The number of nitro benzene ring substituents is 1. The molecule has 0 heterocycles. The highest BCUT2D eigenvalue weighted by Crippen LogP contribution is 2.60. The molecular formula is C26H37N3O6. The molecule has 0 aromatic heterocycles. The van der Waals surface area contributed by atoms with Crippen LogP contribution in [-0.2, 0) is 9.59 Å². The number of nitro groups is 1. The van der Waals surface area contributed by atoms with E-state index in [1.54, 1.807) is 0 Å². The second-order valence-electron chi connectivity index (χ2n) is 10.5. The van der Waals surface area contributed by atoms with Crippen LogP contribution in [-0.4, -0.2) is 36.5 Å². The fourth-order valence-electron chi connectivity index (χ4n) is 6.53. The highest BCUT2D eigenvalue weighted by Gasteiger charge is 2.54. The molecule has 4 bridgehead atoms. The lowest BCUT2D eigenvalue weighted by Crippen LogP contribution is -2.53. The highest BCUT2D eigenvalue weighted by atomic mass is 16.6. The van der Waals surface area contributed by atoms with Crippen molar-refractivity contribution in [2.24, 2.45) is 23.2 Å². The van der Waals surface area contributed by atoms with Crippen molar-refractivity contribution in [1.29, 1.82) is 0 Å². The first-order chi connectivity index (χ1) is 16.8. The van der Waals surface area contributed by atoms with Gasteiger partial charge in [-0.1, -0.05) is 13.8 Å². The molecule has 5 rings (SSSR count). The van der Waals surface area contributed by atoms with Crippen LogP contribution in [0.15, 0.2) is 12.1 Å². The standard InChI is InChI=1S/C26H37N3O6/c1-3-7-34-22-12-20(21(29(32)33)13-23(22)35-8-4-2)28-24(30)5-6-27-25(31)26-14-17-9-18(15-26)11-19(10-17)16-26/h12-13,17-19H,3-11,14-16H2,1-2H3,(H,27,31)(H,28,30). The van der Waals surface area contributed by atoms with Crippen LogP contribution in [0.3, 0.4) is 0 Å². The summed E-state index contributed by atoms with van der Waals surface area (Å²) in [4.78, 5) is 36.8. The largest absolute Gasteiger partial charge is 0.490 e. The summed E-state index contributed by atoms with van der Waals surface area (Å²) in [7, 11) is 0. The Kier molecular flexibility index (Phi) is 7.82. The number of benzene rings is 1. The van der Waals surface area contributed by atoms with Crippen molar-refractivity contribution in [2.75, 3.05) is 25.1 Å². The van der Waals surface area contributed by atoms with Gasteiger partial charge >= 0.3 is 0 Å². The van der Waals surface area contributed by atoms with Gasteiger partial charge in [-0.2, -0.15) is 0 Å². The molecule has 0 unspecified atom stereocenters. The Balaban J connectivity index is 1.37. The molecular weight excluding hydrogens is 450 g/mol. The Morgan fingerprint density at radius 1 is 1.00 bits per heavy atom. The maximum atomic E-state index is 13.1. The summed E-state index contributed by atoms with van der Waals surface area (Å²) in [5.74, 6) is 2.33. The molecule has 0 radical (unpaired) electrons. The van der Waals surface area contributed by atoms with E-state index in [-0.39, 0.29) is 41.4 Å². The molecule has 4 fully saturated rings. The minimum Gasteiger partial charge on any atom is -0.490 e. The van der Waals surface area contributed by atoms with Crippen molar-refractivity contribution in [1.82, 2.24) is 5.32 Å². The Morgan fingerprint density at radius 3 is 2.06 bits per heavy atom. The van der Waals surface area contributed by atoms with E-state index in [2.05, 4.69) is 10.6 Å². The summed E-state index contributed by atoms with van der Waals surface area (Å²) < 4.78 is 11.4. The number of hydrogen-bond donors (Lipinski definition) is 2. The maximum absolute atomic E-state index is 13.1. The molecule has 2 N–H and O–H groups in total. The van der Waals surface area contributed by atoms with Gasteiger partial charge in [-0.05, 0) is 69.1 Å². The van der Waals surface area contributed by atoms with Crippen molar-refractivity contribution in [3.8, 4) is 11.5 Å². The lowest BCUT2D eigenvalue weighted by atomic mass is 9.49. The van der Waals surface area contributed by atoms with E-state index in [1.807, 2.05) is 13.8 Å². The molecule has 4 saturated carbocycles. The molecule has 1 aromatic carbocycles. The first-order valence-corrected chi connectivity index (χ1v) is 13.0. The topological polar surface area (TPSA) is 120 Å². The highest BCUT2D eigenvalue weighted by molar-refractivity contribution is 5.94. The third-order valence-corrected chi connectivity index (χ3v) is 7.61. The van der Waals surface area contributed by atoms with Crippen LogP contribution >= 0.6 is 0 Å². The SMILES string of the molecule is CCCOc1cc(NC(=O)CCNC(=O)C23CC4CC(CC(C4)C2)C3)c([N+](=O)[O-])cc1OCCC. The summed E-state index contributed by atoms with van der Waals surface area (Å²) in [5, 5.41) is 17.3. The van der Waals surface area contributed by atoms with Gasteiger partial charge in [0.1, 0.15) is 5.69 Å². The van der Waals surface area contributed by atoms with E-state index in [0.717, 1.165) is 32.1 Å². The van der Waals surface area contributed by atoms with E-state index >= 15 is 0 Å². The van der Waals surface area contributed by atoms with Crippen LogP contribution in [0, 0.1) is 33.3 Å². The molecule has 0 aliphatic heterocycles. The number of anilines is 1. The number of nitrogens with one attached hydrogen (secondary N) is 2. The Labute approximate surface area is 206 Å². The molecule has 0 spiro atoms. The molecule has 35 heavy (non-hydrogen) atoms. The normalized spacial score (nSPS) is 26.3. The molecule has 192 valence electrons. The Bertz CT molecular complexity index is 927. The summed E-state index contributed by atoms with van der Waals surface area (Å²) in [5.41, 5.74) is -0.461. The van der Waals surface area contributed by atoms with Crippen LogP contribution in [0.2, 0.25) is 0 Å². The smallest absolute Gasteiger partial charge is 0.296 e. The fraction of sp³-hybridized carbons (Fsp3) is 0.692. The summed E-state index contributed by atoms with van der Waals surface area (Å²) in [6.07, 6.45) is 8.24. The van der Waals surface area contributed by atoms with Crippen LogP contribution in [0.1, 0.15) is 71.6 Å². The number of carbonyl (C=O) groups excluding carboxylic acids is 2. The lowest BCUT2D eigenvalue weighted by Gasteiger charge is -2.55. The average molecular weight is 488 g/mol. The van der Waals surface area contributed by atoms with E-state index in [0.29, 0.717) is 36.7 Å². The Morgan fingerprint density at radius 2 is 1.54 bits per heavy atom. The zero-order valence-corrected chi connectivity index (χ0v) is 20.8. The molecule has 9 nitrogen and oxygen atoms in total. The van der Waals surface area contributed by atoms with Crippen LogP contribution in [0.25, 0.3) is 0 Å². The minimum absolute atomic E-state index is 0.0362. The second-order valence-corrected chi connectivity index (χ2v) is 10.5. The minimum atomic E-state index is -0.549. The van der Waals surface area contributed by atoms with E-state index in [4.69, 9.17) is 9.47 Å². The quantitative estimate of drug-likeness (QED) is 0.322. The van der Waals surface area contributed by atoms with E-state index in [9.17, 15) is 19.7 Å². The molecule has 2 amide bonds. The molecule has 4 aliphatic rings. The molecule has 9 heteroatoms. The Hall–Kier alpha value is -2.84. The number of hydrogen-bond acceptors (Lipinski definition) is 6. The van der Waals surface area contributed by atoms with Crippen molar-refractivity contribution in [2.45, 2.75) is 71.6 Å². The van der Waals surface area contributed by atoms with Crippen molar-refractivity contribution in [3.05, 3.63) is 22.2 Å². The second kappa shape index (κ2) is 10.8. The first kappa shape index (κ1) is 25.3. The molecule has 1 aromatic rings. The van der Waals surface area contributed by atoms with Gasteiger partial charge in [-0.15, -0.1) is 0 Å². The van der Waals surface area contributed by atoms with Gasteiger partial charge in [0.2, 0.25) is 11.8 Å². The summed E-state index contributed by atoms with van der Waals surface area (Å²) >= 11 is 0. The van der Waals surface area contributed by atoms with Gasteiger partial charge < -0.3 is 20.1 Å². The predicted molar refractivity (Wildman–Crippen MR) is 132 cm³/mol. The van der Waals surface area contributed by atoms with Gasteiger partial charge in [0.05, 0.1) is 24.2 Å². The van der Waals surface area contributed by atoms with Crippen LogP contribution < -0.4 is 20.1 Å². The predicted octanol–water partition coefficient (Wildman–Crippen LogP) is 4.83. The average Bonchev–Trinajstić information content (AvgIpc) is 2.80. The number of ether oxygens (including phenoxy) is 2. The lowest BCUT2D eigenvalue weighted by molar-refractivity contribution is -0.384. The molecule has 0 atom stereocenters. The van der Waals surface area contributed by atoms with Crippen LogP contribution in [0.5, 0.6) is 11.5 Å². The third-order valence-electron chi connectivity index (χ3n) is 7.61. The summed E-state index contributed by atoms with van der Waals surface area (Å²) in [6, 6.07) is 2.75. The van der Waals surface area contributed by atoms with Crippen molar-refractivity contribution >= 4 is 23.2 Å². The van der Waals surface area contributed by atoms with Gasteiger partial charge in [0.15, 0.2) is 11.5 Å². The zero-order chi connectivity index (χ0) is 25.0. The van der Waals surface area contributed by atoms with Gasteiger partial charge in [-0.25, -0.2) is 0 Å². The van der Waals surface area contributed by atoms with Gasteiger partial charge in [0.25, 0.3) is 5.69 Å². The number of carbonyl (C=O) groups is 2. The third kappa shape index (κ3) is 5.70. The van der Waals surface area contributed by atoms with E-state index < -0.39 is 10.8 Å². The maximum Gasteiger partial charge on any atom is 0.296 e. The van der Waals surface area contributed by atoms with E-state index in [1.165, 1.54) is 31.4 Å². The molecule has 4 aliphatic carbocycles. The van der Waals surface area contributed by atoms with Crippen molar-refractivity contribution in [3.63, 3.8) is 0 Å². The number of nitrogens with zero attached hydrogens (tertiary/aromatic N) is 1.